The van der Waals surface area contributed by atoms with Crippen molar-refractivity contribution < 1.29 is 14.1 Å². The van der Waals surface area contributed by atoms with Crippen molar-refractivity contribution in [1.29, 1.82) is 0 Å². The van der Waals surface area contributed by atoms with E-state index in [2.05, 4.69) is 5.32 Å². The van der Waals surface area contributed by atoms with E-state index in [1.54, 1.807) is 4.90 Å². The Morgan fingerprint density at radius 2 is 2.24 bits per heavy atom. The van der Waals surface area contributed by atoms with Crippen molar-refractivity contribution >= 4 is 11.6 Å². The van der Waals surface area contributed by atoms with Crippen LogP contribution in [0.4, 0.5) is 10.1 Å². The number of nitro groups is 1. The number of hydrogen-bond acceptors (Lipinski definition) is 4. The lowest BCUT2D eigenvalue weighted by Gasteiger charge is -2.24. The highest BCUT2D eigenvalue weighted by molar-refractivity contribution is 5.98. The first-order chi connectivity index (χ1) is 9.99. The van der Waals surface area contributed by atoms with Crippen LogP contribution in [0.5, 0.6) is 0 Å². The third kappa shape index (κ3) is 2.27. The Kier molecular flexibility index (Phi) is 3.36. The molecule has 1 amide bonds. The summed E-state index contributed by atoms with van der Waals surface area (Å²) in [7, 11) is 0. The molecule has 2 saturated heterocycles. The fourth-order valence-corrected chi connectivity index (χ4v) is 3.43. The number of likely N-dealkylation sites (tertiary alicyclic amines) is 1. The zero-order chi connectivity index (χ0) is 15.1. The number of nitro benzene ring substituents is 1. The number of amides is 1. The summed E-state index contributed by atoms with van der Waals surface area (Å²) in [6, 6.07) is 3.12. The van der Waals surface area contributed by atoms with E-state index in [0.29, 0.717) is 18.4 Å². The number of rotatable bonds is 2. The van der Waals surface area contributed by atoms with Gasteiger partial charge in [0.2, 0.25) is 0 Å². The first kappa shape index (κ1) is 13.9. The number of carbonyl (C=O) groups excluding carboxylic acids is 1. The molecule has 0 aliphatic carbocycles. The van der Waals surface area contributed by atoms with Crippen LogP contribution < -0.4 is 5.32 Å². The van der Waals surface area contributed by atoms with Crippen molar-refractivity contribution in [1.82, 2.24) is 10.2 Å². The molecule has 2 aliphatic rings. The van der Waals surface area contributed by atoms with Crippen LogP contribution in [-0.4, -0.2) is 41.4 Å². The fraction of sp³-hybridized carbons (Fsp3) is 0.500. The lowest BCUT2D eigenvalue weighted by atomic mass is 9.95. The van der Waals surface area contributed by atoms with Gasteiger partial charge in [0, 0.05) is 25.7 Å². The van der Waals surface area contributed by atoms with Crippen LogP contribution in [-0.2, 0) is 0 Å². The molecule has 2 fully saturated rings. The highest BCUT2D eigenvalue weighted by Gasteiger charge is 2.44. The smallest absolute Gasteiger partial charge is 0.285 e. The summed E-state index contributed by atoms with van der Waals surface area (Å²) in [5.74, 6) is -0.325. The molecule has 0 bridgehead atoms. The molecule has 6 nitrogen and oxygen atoms in total. The second-order valence-electron chi connectivity index (χ2n) is 5.70. The first-order valence-corrected chi connectivity index (χ1v) is 6.94. The monoisotopic (exact) mass is 293 g/mol. The lowest BCUT2D eigenvalue weighted by Crippen LogP contribution is -2.38. The van der Waals surface area contributed by atoms with E-state index in [0.717, 1.165) is 25.2 Å². The Morgan fingerprint density at radius 1 is 1.48 bits per heavy atom. The van der Waals surface area contributed by atoms with Crippen LogP contribution in [0.2, 0.25) is 0 Å². The second kappa shape index (κ2) is 5.07. The number of fused-ring (bicyclic) bond motifs is 1. The molecule has 0 aromatic heterocycles. The van der Waals surface area contributed by atoms with Gasteiger partial charge in [-0.25, -0.2) is 4.39 Å². The van der Waals surface area contributed by atoms with Crippen LogP contribution in [0.1, 0.15) is 17.3 Å². The highest BCUT2D eigenvalue weighted by Crippen LogP contribution is 2.34. The molecule has 0 radical (unpaired) electrons. The van der Waals surface area contributed by atoms with Gasteiger partial charge in [-0.05, 0) is 30.9 Å². The molecule has 21 heavy (non-hydrogen) atoms. The van der Waals surface area contributed by atoms with E-state index in [-0.39, 0.29) is 17.5 Å². The Bertz CT molecular complexity index is 607. The molecule has 2 heterocycles. The predicted molar refractivity (Wildman–Crippen MR) is 73.4 cm³/mol. The van der Waals surface area contributed by atoms with E-state index < -0.39 is 16.4 Å². The maximum atomic E-state index is 13.2. The molecule has 3 unspecified atom stereocenters. The molecule has 112 valence electrons. The van der Waals surface area contributed by atoms with Crippen molar-refractivity contribution in [2.45, 2.75) is 13.0 Å². The SMILES string of the molecule is CC1C2CNCC2CN1C(=O)c1ccc(F)cc1[N+](=O)[O-]. The average Bonchev–Trinajstić information content (AvgIpc) is 3.01. The zero-order valence-electron chi connectivity index (χ0n) is 11.6. The number of benzene rings is 1. The van der Waals surface area contributed by atoms with Crippen LogP contribution >= 0.6 is 0 Å². The Balaban J connectivity index is 1.91. The van der Waals surface area contributed by atoms with Crippen molar-refractivity contribution in [2.24, 2.45) is 11.8 Å². The van der Waals surface area contributed by atoms with Gasteiger partial charge in [-0.15, -0.1) is 0 Å². The van der Waals surface area contributed by atoms with Crippen LogP contribution in [0.25, 0.3) is 0 Å². The summed E-state index contributed by atoms with van der Waals surface area (Å²) in [4.78, 5) is 24.6. The van der Waals surface area contributed by atoms with E-state index in [9.17, 15) is 19.3 Å². The van der Waals surface area contributed by atoms with Crippen molar-refractivity contribution in [2.75, 3.05) is 19.6 Å². The van der Waals surface area contributed by atoms with Gasteiger partial charge in [0.05, 0.1) is 11.0 Å². The van der Waals surface area contributed by atoms with Gasteiger partial charge in [-0.3, -0.25) is 14.9 Å². The van der Waals surface area contributed by atoms with E-state index in [1.165, 1.54) is 6.07 Å². The minimum absolute atomic E-state index is 0.0298. The van der Waals surface area contributed by atoms with E-state index in [1.807, 2.05) is 6.92 Å². The molecule has 3 rings (SSSR count). The van der Waals surface area contributed by atoms with Gasteiger partial charge in [-0.2, -0.15) is 0 Å². The van der Waals surface area contributed by atoms with Gasteiger partial charge >= 0.3 is 0 Å². The summed E-state index contributed by atoms with van der Waals surface area (Å²) in [6.07, 6.45) is 0. The Labute approximate surface area is 121 Å². The Morgan fingerprint density at radius 3 is 2.90 bits per heavy atom. The maximum Gasteiger partial charge on any atom is 0.285 e. The third-order valence-corrected chi connectivity index (χ3v) is 4.58. The van der Waals surface area contributed by atoms with Gasteiger partial charge in [0.25, 0.3) is 11.6 Å². The number of halogens is 1. The zero-order valence-corrected chi connectivity index (χ0v) is 11.6. The van der Waals surface area contributed by atoms with Crippen LogP contribution in [0.15, 0.2) is 18.2 Å². The molecule has 7 heteroatoms. The summed E-state index contributed by atoms with van der Waals surface area (Å²) >= 11 is 0. The van der Waals surface area contributed by atoms with E-state index in [4.69, 9.17) is 0 Å². The number of nitrogens with one attached hydrogen (secondary N) is 1. The molecule has 3 atom stereocenters. The average molecular weight is 293 g/mol. The van der Waals surface area contributed by atoms with Crippen LogP contribution in [0.3, 0.4) is 0 Å². The van der Waals surface area contributed by atoms with Crippen LogP contribution in [0, 0.1) is 27.8 Å². The van der Waals surface area contributed by atoms with Crippen molar-refractivity contribution in [3.05, 3.63) is 39.7 Å². The molecule has 1 aromatic carbocycles. The summed E-state index contributed by atoms with van der Waals surface area (Å²) in [5.41, 5.74) is -0.511. The molecular formula is C14H16FN3O3. The molecule has 2 aliphatic heterocycles. The minimum Gasteiger partial charge on any atom is -0.335 e. The van der Waals surface area contributed by atoms with Gasteiger partial charge in [0.1, 0.15) is 11.4 Å². The summed E-state index contributed by atoms with van der Waals surface area (Å²) in [5, 5.41) is 14.3. The highest BCUT2D eigenvalue weighted by atomic mass is 19.1. The Hall–Kier alpha value is -2.02. The molecular weight excluding hydrogens is 277 g/mol. The standard InChI is InChI=1S/C14H16FN3O3/c1-8-12-6-16-5-9(12)7-17(8)14(19)11-3-2-10(15)4-13(11)18(20)21/h2-4,8-9,12,16H,5-7H2,1H3. The lowest BCUT2D eigenvalue weighted by molar-refractivity contribution is -0.385. The first-order valence-electron chi connectivity index (χ1n) is 6.94. The minimum atomic E-state index is -0.714. The molecule has 0 saturated carbocycles. The summed E-state index contributed by atoms with van der Waals surface area (Å²) in [6.45, 7) is 4.28. The molecule has 1 N–H and O–H groups in total. The summed E-state index contributed by atoms with van der Waals surface area (Å²) < 4.78 is 13.2. The number of carbonyl (C=O) groups is 1. The quantitative estimate of drug-likeness (QED) is 0.661. The third-order valence-electron chi connectivity index (χ3n) is 4.58. The molecule has 1 aromatic rings. The fourth-order valence-electron chi connectivity index (χ4n) is 3.43. The van der Waals surface area contributed by atoms with Crippen molar-refractivity contribution in [3.8, 4) is 0 Å². The maximum absolute atomic E-state index is 13.2. The normalized spacial score (nSPS) is 27.7. The predicted octanol–water partition coefficient (Wildman–Crippen LogP) is 1.41. The topological polar surface area (TPSA) is 75.5 Å². The van der Waals surface area contributed by atoms with Gasteiger partial charge in [-0.1, -0.05) is 0 Å². The van der Waals surface area contributed by atoms with Crippen molar-refractivity contribution in [3.63, 3.8) is 0 Å². The van der Waals surface area contributed by atoms with Gasteiger partial charge < -0.3 is 10.2 Å². The molecule has 0 spiro atoms. The number of nitrogens with zero attached hydrogens (tertiary/aromatic N) is 2. The largest absolute Gasteiger partial charge is 0.335 e. The second-order valence-corrected chi connectivity index (χ2v) is 5.70. The van der Waals surface area contributed by atoms with Gasteiger partial charge in [0.15, 0.2) is 0 Å². The number of hydrogen-bond donors (Lipinski definition) is 1. The van der Waals surface area contributed by atoms with E-state index >= 15 is 0 Å².